The van der Waals surface area contributed by atoms with E-state index in [0.29, 0.717) is 41.0 Å². The van der Waals surface area contributed by atoms with Crippen LogP contribution in [-0.4, -0.2) is 52.5 Å². The number of hydrogen-bond donors (Lipinski definition) is 3. The van der Waals surface area contributed by atoms with Crippen molar-refractivity contribution in [1.29, 1.82) is 0 Å². The number of likely N-dealkylation sites (tertiary alicyclic amines) is 1. The lowest BCUT2D eigenvalue weighted by Crippen LogP contribution is -2.43. The molecule has 1 aliphatic rings. The fourth-order valence-corrected chi connectivity index (χ4v) is 4.51. The van der Waals surface area contributed by atoms with E-state index in [1.54, 1.807) is 23.1 Å². The summed E-state index contributed by atoms with van der Waals surface area (Å²) in [6.45, 7) is 1.82. The predicted octanol–water partition coefficient (Wildman–Crippen LogP) is 4.18. The molecule has 8 nitrogen and oxygen atoms in total. The van der Waals surface area contributed by atoms with Gasteiger partial charge in [0.05, 0.1) is 11.8 Å². The summed E-state index contributed by atoms with van der Waals surface area (Å²) in [7, 11) is 0. The number of hydrogen-bond acceptors (Lipinski definition) is 5. The molecule has 1 aromatic heterocycles. The minimum atomic E-state index is -1.00. The Morgan fingerprint density at radius 1 is 1.06 bits per heavy atom. The van der Waals surface area contributed by atoms with Crippen LogP contribution in [0.2, 0.25) is 0 Å². The maximum absolute atomic E-state index is 12.6. The van der Waals surface area contributed by atoms with Crippen LogP contribution in [0.25, 0.3) is 10.6 Å². The minimum Gasteiger partial charge on any atom is -0.478 e. The molecule has 0 radical (unpaired) electrons. The van der Waals surface area contributed by atoms with Crippen molar-refractivity contribution >= 4 is 34.9 Å². The second-order valence-electron chi connectivity index (χ2n) is 7.85. The fraction of sp³-hybridized carbons (Fsp3) is 0.250. The third-order valence-corrected chi connectivity index (χ3v) is 6.61. The molecule has 9 heteroatoms. The van der Waals surface area contributed by atoms with Gasteiger partial charge in [-0.15, -0.1) is 11.3 Å². The molecule has 170 valence electrons. The number of piperidine rings is 1. The molecule has 4 rings (SSSR count). The maximum atomic E-state index is 12.6. The van der Waals surface area contributed by atoms with E-state index < -0.39 is 5.97 Å². The number of carboxylic acid groups (broad SMARTS) is 1. The molecule has 2 aromatic carbocycles. The van der Waals surface area contributed by atoms with Crippen molar-refractivity contribution in [2.24, 2.45) is 5.92 Å². The van der Waals surface area contributed by atoms with Gasteiger partial charge in [-0.1, -0.05) is 30.3 Å². The molecule has 0 aliphatic carbocycles. The highest BCUT2D eigenvalue weighted by Gasteiger charge is 2.23. The standard InChI is InChI=1S/C24H24N4O4S/c29-21(20-15-26-22(33-20)17-5-4-6-18(13-17)23(30)31)25-14-16-9-11-28(12-10-16)24(32)27-19-7-2-1-3-8-19/h1-8,13,15-16H,9-12,14H2,(H,25,29)(H,27,32)(H,30,31). The number of carbonyl (C=O) groups excluding carboxylic acids is 2. The van der Waals surface area contributed by atoms with E-state index in [1.165, 1.54) is 23.6 Å². The van der Waals surface area contributed by atoms with E-state index in [1.807, 2.05) is 30.3 Å². The second-order valence-corrected chi connectivity index (χ2v) is 8.88. The summed E-state index contributed by atoms with van der Waals surface area (Å²) in [6, 6.07) is 15.8. The smallest absolute Gasteiger partial charge is 0.335 e. The van der Waals surface area contributed by atoms with Gasteiger partial charge >= 0.3 is 12.0 Å². The second kappa shape index (κ2) is 10.3. The summed E-state index contributed by atoms with van der Waals surface area (Å²) in [4.78, 5) is 42.7. The summed E-state index contributed by atoms with van der Waals surface area (Å²) in [5.41, 5.74) is 1.62. The molecule has 3 aromatic rings. The normalized spacial score (nSPS) is 14.0. The Kier molecular flexibility index (Phi) is 6.99. The fourth-order valence-electron chi connectivity index (χ4n) is 3.69. The number of benzene rings is 2. The van der Waals surface area contributed by atoms with E-state index in [2.05, 4.69) is 15.6 Å². The highest BCUT2D eigenvalue weighted by molar-refractivity contribution is 7.16. The lowest BCUT2D eigenvalue weighted by atomic mass is 9.97. The number of urea groups is 1. The average molecular weight is 465 g/mol. The lowest BCUT2D eigenvalue weighted by Gasteiger charge is -2.32. The van der Waals surface area contributed by atoms with Crippen molar-refractivity contribution in [3.05, 3.63) is 71.2 Å². The first kappa shape index (κ1) is 22.5. The molecule has 0 spiro atoms. The molecular formula is C24H24N4O4S. The van der Waals surface area contributed by atoms with E-state index in [0.717, 1.165) is 18.5 Å². The van der Waals surface area contributed by atoms with E-state index in [-0.39, 0.29) is 17.5 Å². The van der Waals surface area contributed by atoms with Crippen LogP contribution in [0.15, 0.2) is 60.8 Å². The molecule has 1 aliphatic heterocycles. The topological polar surface area (TPSA) is 112 Å². The number of rotatable bonds is 6. The first-order valence-corrected chi connectivity index (χ1v) is 11.5. The van der Waals surface area contributed by atoms with Gasteiger partial charge in [-0.2, -0.15) is 0 Å². The Bertz CT molecular complexity index is 1140. The van der Waals surface area contributed by atoms with Crippen molar-refractivity contribution in [2.75, 3.05) is 25.0 Å². The number of nitrogens with zero attached hydrogens (tertiary/aromatic N) is 2. The Labute approximate surface area is 195 Å². The SMILES string of the molecule is O=C(O)c1cccc(-c2ncc(C(=O)NCC3CCN(C(=O)Nc4ccccc4)CC3)s2)c1. The third-order valence-electron chi connectivity index (χ3n) is 5.56. The minimum absolute atomic E-state index is 0.104. The van der Waals surface area contributed by atoms with E-state index in [9.17, 15) is 14.4 Å². The van der Waals surface area contributed by atoms with Gasteiger partial charge in [-0.25, -0.2) is 14.6 Å². The van der Waals surface area contributed by atoms with Crippen LogP contribution in [0.3, 0.4) is 0 Å². The Morgan fingerprint density at radius 2 is 1.82 bits per heavy atom. The van der Waals surface area contributed by atoms with Crippen LogP contribution in [0.4, 0.5) is 10.5 Å². The molecule has 3 amide bonds. The van der Waals surface area contributed by atoms with Gasteiger partial charge in [0.1, 0.15) is 9.88 Å². The van der Waals surface area contributed by atoms with Gasteiger partial charge in [0, 0.05) is 30.9 Å². The molecule has 1 saturated heterocycles. The van der Waals surface area contributed by atoms with Crippen molar-refractivity contribution < 1.29 is 19.5 Å². The first-order valence-electron chi connectivity index (χ1n) is 10.7. The monoisotopic (exact) mass is 464 g/mol. The molecule has 0 bridgehead atoms. The van der Waals surface area contributed by atoms with E-state index in [4.69, 9.17) is 5.11 Å². The number of thiazole rings is 1. The van der Waals surface area contributed by atoms with Gasteiger partial charge in [0.2, 0.25) is 0 Å². The highest BCUT2D eigenvalue weighted by Crippen LogP contribution is 2.26. The number of nitrogens with one attached hydrogen (secondary N) is 2. The number of aromatic nitrogens is 1. The zero-order valence-corrected chi connectivity index (χ0v) is 18.7. The molecule has 1 fully saturated rings. The zero-order valence-electron chi connectivity index (χ0n) is 17.9. The Hall–Kier alpha value is -3.72. The van der Waals surface area contributed by atoms with Gasteiger partial charge in [-0.05, 0) is 43.0 Å². The van der Waals surface area contributed by atoms with Crippen molar-refractivity contribution in [3.8, 4) is 10.6 Å². The zero-order chi connectivity index (χ0) is 23.2. The van der Waals surface area contributed by atoms with Gasteiger partial charge in [-0.3, -0.25) is 4.79 Å². The molecule has 0 saturated carbocycles. The molecule has 0 unspecified atom stereocenters. The average Bonchev–Trinajstić information content (AvgIpc) is 3.34. The number of carboxylic acids is 1. The van der Waals surface area contributed by atoms with Crippen LogP contribution in [0.5, 0.6) is 0 Å². The summed E-state index contributed by atoms with van der Waals surface area (Å²) in [5.74, 6) is -0.901. The van der Waals surface area contributed by atoms with Crippen LogP contribution >= 0.6 is 11.3 Å². The number of carbonyl (C=O) groups is 3. The molecule has 3 N–H and O–H groups in total. The summed E-state index contributed by atoms with van der Waals surface area (Å²) >= 11 is 1.23. The first-order chi connectivity index (χ1) is 16.0. The molecule has 33 heavy (non-hydrogen) atoms. The summed E-state index contributed by atoms with van der Waals surface area (Å²) in [5, 5.41) is 15.6. The Balaban J connectivity index is 1.25. The van der Waals surface area contributed by atoms with Gasteiger partial charge < -0.3 is 20.6 Å². The van der Waals surface area contributed by atoms with Crippen molar-refractivity contribution in [3.63, 3.8) is 0 Å². The molecule has 2 heterocycles. The summed E-state index contributed by atoms with van der Waals surface area (Å²) in [6.07, 6.45) is 3.15. The van der Waals surface area contributed by atoms with E-state index >= 15 is 0 Å². The number of para-hydroxylation sites is 1. The highest BCUT2D eigenvalue weighted by atomic mass is 32.1. The van der Waals surface area contributed by atoms with Crippen LogP contribution in [-0.2, 0) is 0 Å². The quantitative estimate of drug-likeness (QED) is 0.507. The largest absolute Gasteiger partial charge is 0.478 e. The number of anilines is 1. The summed E-state index contributed by atoms with van der Waals surface area (Å²) < 4.78 is 0. The van der Waals surface area contributed by atoms with Crippen molar-refractivity contribution in [1.82, 2.24) is 15.2 Å². The number of amides is 3. The molecular weight excluding hydrogens is 440 g/mol. The van der Waals surface area contributed by atoms with Crippen LogP contribution in [0, 0.1) is 5.92 Å². The van der Waals surface area contributed by atoms with Gasteiger partial charge in [0.25, 0.3) is 5.91 Å². The van der Waals surface area contributed by atoms with Crippen molar-refractivity contribution in [2.45, 2.75) is 12.8 Å². The van der Waals surface area contributed by atoms with Gasteiger partial charge in [0.15, 0.2) is 0 Å². The lowest BCUT2D eigenvalue weighted by molar-refractivity contribution is 0.0696. The Morgan fingerprint density at radius 3 is 2.55 bits per heavy atom. The predicted molar refractivity (Wildman–Crippen MR) is 127 cm³/mol. The van der Waals surface area contributed by atoms with Crippen LogP contribution in [0.1, 0.15) is 32.9 Å². The van der Waals surface area contributed by atoms with Crippen LogP contribution < -0.4 is 10.6 Å². The third kappa shape index (κ3) is 5.75. The number of aromatic carboxylic acids is 1. The molecule has 0 atom stereocenters. The maximum Gasteiger partial charge on any atom is 0.335 e.